The van der Waals surface area contributed by atoms with Crippen LogP contribution in [0.2, 0.25) is 0 Å². The summed E-state index contributed by atoms with van der Waals surface area (Å²) in [5, 5.41) is 5.37. The summed E-state index contributed by atoms with van der Waals surface area (Å²) in [5.41, 5.74) is 2.07. The zero-order valence-corrected chi connectivity index (χ0v) is 19.8. The van der Waals surface area contributed by atoms with Crippen molar-refractivity contribution in [3.63, 3.8) is 0 Å². The second kappa shape index (κ2) is 9.93. The molecule has 0 radical (unpaired) electrons. The molecule has 3 aromatic rings. The van der Waals surface area contributed by atoms with Crippen molar-refractivity contribution < 1.29 is 17.9 Å². The van der Waals surface area contributed by atoms with Gasteiger partial charge in [-0.2, -0.15) is 0 Å². The van der Waals surface area contributed by atoms with Crippen molar-refractivity contribution in [1.29, 1.82) is 0 Å². The van der Waals surface area contributed by atoms with E-state index < -0.39 is 9.84 Å². The fourth-order valence-corrected chi connectivity index (χ4v) is 6.28. The summed E-state index contributed by atoms with van der Waals surface area (Å²) in [6.07, 6.45) is 0.546. The van der Waals surface area contributed by atoms with Gasteiger partial charge in [0.05, 0.1) is 31.2 Å². The smallest absolute Gasteiger partial charge is 0.234 e. The topological polar surface area (TPSA) is 75.7 Å². The number of fused-ring (bicyclic) bond motifs is 1. The van der Waals surface area contributed by atoms with E-state index in [0.29, 0.717) is 13.0 Å². The minimum absolute atomic E-state index is 0.0926. The van der Waals surface area contributed by atoms with E-state index in [4.69, 9.17) is 4.74 Å². The third kappa shape index (κ3) is 5.72. The maximum Gasteiger partial charge on any atom is 0.234 e. The van der Waals surface area contributed by atoms with Crippen LogP contribution >= 0.6 is 0 Å². The quantitative estimate of drug-likeness (QED) is 0.548. The Balaban J connectivity index is 1.49. The summed E-state index contributed by atoms with van der Waals surface area (Å²) in [5.74, 6) is 0.906. The van der Waals surface area contributed by atoms with Gasteiger partial charge in [-0.25, -0.2) is 8.42 Å². The number of amides is 1. The van der Waals surface area contributed by atoms with E-state index in [1.165, 1.54) is 0 Å². The van der Waals surface area contributed by atoms with Gasteiger partial charge in [0.25, 0.3) is 0 Å². The molecule has 1 saturated heterocycles. The standard InChI is InChI=1S/C26H30N2O4S/c1-19(24-9-5-7-21-6-3-4-8-25(21)24)27-26(29)17-28(22-14-15-33(30,31)18-22)16-20-10-12-23(32-2)13-11-20/h3-13,19,22H,14-18H2,1-2H3,(H,27,29). The average Bonchev–Trinajstić information content (AvgIpc) is 3.18. The van der Waals surface area contributed by atoms with Gasteiger partial charge in [0.1, 0.15) is 5.75 Å². The Hall–Kier alpha value is -2.90. The number of nitrogens with zero attached hydrogens (tertiary/aromatic N) is 1. The molecule has 2 unspecified atom stereocenters. The third-order valence-electron chi connectivity index (χ3n) is 6.28. The molecule has 1 N–H and O–H groups in total. The minimum atomic E-state index is -3.06. The molecule has 2 atom stereocenters. The highest BCUT2D eigenvalue weighted by molar-refractivity contribution is 7.91. The molecule has 1 heterocycles. The summed E-state index contributed by atoms with van der Waals surface area (Å²) in [6, 6.07) is 21.5. The molecule has 1 fully saturated rings. The van der Waals surface area contributed by atoms with Crippen molar-refractivity contribution in [2.24, 2.45) is 0 Å². The first-order valence-corrected chi connectivity index (χ1v) is 13.0. The van der Waals surface area contributed by atoms with Gasteiger partial charge in [-0.3, -0.25) is 9.69 Å². The lowest BCUT2D eigenvalue weighted by Gasteiger charge is -2.28. The van der Waals surface area contributed by atoms with Crippen molar-refractivity contribution >= 4 is 26.5 Å². The van der Waals surface area contributed by atoms with Crippen LogP contribution in [0.15, 0.2) is 66.7 Å². The summed E-state index contributed by atoms with van der Waals surface area (Å²) in [4.78, 5) is 15.0. The predicted octanol–water partition coefficient (Wildman–Crippen LogP) is 3.71. The monoisotopic (exact) mass is 466 g/mol. The molecule has 1 aliphatic heterocycles. The van der Waals surface area contributed by atoms with Crippen LogP contribution in [0, 0.1) is 0 Å². The molecule has 0 spiro atoms. The highest BCUT2D eigenvalue weighted by Crippen LogP contribution is 2.25. The highest BCUT2D eigenvalue weighted by atomic mass is 32.2. The molecule has 174 valence electrons. The van der Waals surface area contributed by atoms with Crippen molar-refractivity contribution in [2.75, 3.05) is 25.2 Å². The molecular formula is C26H30N2O4S. The lowest BCUT2D eigenvalue weighted by atomic mass is 9.99. The number of ether oxygens (including phenoxy) is 1. The normalized spacial score (nSPS) is 18.3. The Morgan fingerprint density at radius 3 is 2.52 bits per heavy atom. The van der Waals surface area contributed by atoms with Crippen molar-refractivity contribution in [3.8, 4) is 5.75 Å². The molecule has 0 saturated carbocycles. The second-order valence-corrected chi connectivity index (χ2v) is 10.9. The van der Waals surface area contributed by atoms with Gasteiger partial charge in [-0.1, -0.05) is 54.6 Å². The number of benzene rings is 3. The van der Waals surface area contributed by atoms with Crippen LogP contribution in [0.3, 0.4) is 0 Å². The number of carbonyl (C=O) groups excluding carboxylic acids is 1. The van der Waals surface area contributed by atoms with Gasteiger partial charge in [0.15, 0.2) is 9.84 Å². The lowest BCUT2D eigenvalue weighted by Crippen LogP contribution is -2.43. The molecule has 7 heteroatoms. The SMILES string of the molecule is COc1ccc(CN(CC(=O)NC(C)c2cccc3ccccc23)C2CCS(=O)(=O)C2)cc1. The predicted molar refractivity (Wildman–Crippen MR) is 131 cm³/mol. The van der Waals surface area contributed by atoms with Gasteiger partial charge in [-0.15, -0.1) is 0 Å². The van der Waals surface area contributed by atoms with Gasteiger partial charge in [0.2, 0.25) is 5.91 Å². The first-order chi connectivity index (χ1) is 15.8. The van der Waals surface area contributed by atoms with E-state index >= 15 is 0 Å². The summed E-state index contributed by atoms with van der Waals surface area (Å²) >= 11 is 0. The van der Waals surface area contributed by atoms with E-state index in [-0.39, 0.29) is 36.0 Å². The molecule has 3 aromatic carbocycles. The summed E-state index contributed by atoms with van der Waals surface area (Å²) < 4.78 is 29.4. The number of hydrogen-bond acceptors (Lipinski definition) is 5. The van der Waals surface area contributed by atoms with Crippen LogP contribution in [0.25, 0.3) is 10.8 Å². The molecule has 1 amide bonds. The molecule has 1 aliphatic rings. The van der Waals surface area contributed by atoms with Crippen LogP contribution in [0.5, 0.6) is 5.75 Å². The van der Waals surface area contributed by atoms with E-state index in [0.717, 1.165) is 27.6 Å². The number of rotatable bonds is 8. The van der Waals surface area contributed by atoms with Crippen LogP contribution in [0.4, 0.5) is 0 Å². The maximum atomic E-state index is 13.1. The first-order valence-electron chi connectivity index (χ1n) is 11.2. The maximum absolute atomic E-state index is 13.1. The number of carbonyl (C=O) groups is 1. The zero-order valence-electron chi connectivity index (χ0n) is 19.0. The van der Waals surface area contributed by atoms with Gasteiger partial charge >= 0.3 is 0 Å². The zero-order chi connectivity index (χ0) is 23.4. The molecule has 6 nitrogen and oxygen atoms in total. The fraction of sp³-hybridized carbons (Fsp3) is 0.346. The Morgan fingerprint density at radius 1 is 1.09 bits per heavy atom. The van der Waals surface area contributed by atoms with Crippen LogP contribution < -0.4 is 10.1 Å². The molecule has 0 aromatic heterocycles. The molecule has 0 aliphatic carbocycles. The van der Waals surface area contributed by atoms with E-state index in [9.17, 15) is 13.2 Å². The molecule has 33 heavy (non-hydrogen) atoms. The van der Waals surface area contributed by atoms with Gasteiger partial charge in [-0.05, 0) is 47.4 Å². The third-order valence-corrected chi connectivity index (χ3v) is 8.03. The Kier molecular flexibility index (Phi) is 7.00. The number of nitrogens with one attached hydrogen (secondary N) is 1. The minimum Gasteiger partial charge on any atom is -0.497 e. The second-order valence-electron chi connectivity index (χ2n) is 8.67. The Morgan fingerprint density at radius 2 is 1.82 bits per heavy atom. The summed E-state index contributed by atoms with van der Waals surface area (Å²) in [6.45, 7) is 2.62. The van der Waals surface area contributed by atoms with Gasteiger partial charge < -0.3 is 10.1 Å². The van der Waals surface area contributed by atoms with E-state index in [2.05, 4.69) is 23.5 Å². The average molecular weight is 467 g/mol. The summed E-state index contributed by atoms with van der Waals surface area (Å²) in [7, 11) is -1.45. The van der Waals surface area contributed by atoms with E-state index in [1.54, 1.807) is 7.11 Å². The number of methoxy groups -OCH3 is 1. The Labute approximate surface area is 195 Å². The largest absolute Gasteiger partial charge is 0.497 e. The number of hydrogen-bond donors (Lipinski definition) is 1. The van der Waals surface area contributed by atoms with Crippen LogP contribution in [0.1, 0.15) is 30.5 Å². The van der Waals surface area contributed by atoms with Crippen molar-refractivity contribution in [2.45, 2.75) is 32.0 Å². The lowest BCUT2D eigenvalue weighted by molar-refractivity contribution is -0.123. The molecule has 4 rings (SSSR count). The van der Waals surface area contributed by atoms with Crippen LogP contribution in [-0.4, -0.2) is 50.4 Å². The molecular weight excluding hydrogens is 436 g/mol. The fourth-order valence-electron chi connectivity index (χ4n) is 4.52. The Bertz CT molecular complexity index is 1220. The first kappa shape index (κ1) is 23.3. The van der Waals surface area contributed by atoms with Gasteiger partial charge in [0, 0.05) is 12.6 Å². The van der Waals surface area contributed by atoms with Crippen LogP contribution in [-0.2, 0) is 21.2 Å². The molecule has 0 bridgehead atoms. The van der Waals surface area contributed by atoms with Crippen molar-refractivity contribution in [3.05, 3.63) is 77.9 Å². The van der Waals surface area contributed by atoms with E-state index in [1.807, 2.05) is 60.4 Å². The van der Waals surface area contributed by atoms with Crippen molar-refractivity contribution in [1.82, 2.24) is 10.2 Å². The highest BCUT2D eigenvalue weighted by Gasteiger charge is 2.33. The number of sulfone groups is 1.